The predicted octanol–water partition coefficient (Wildman–Crippen LogP) is 4.00. The number of hydrogen-bond donors (Lipinski definition) is 1. The molecule has 0 heterocycles. The summed E-state index contributed by atoms with van der Waals surface area (Å²) in [6, 6.07) is 8.75. The summed E-state index contributed by atoms with van der Waals surface area (Å²) >= 11 is 0. The lowest BCUT2D eigenvalue weighted by Crippen LogP contribution is -2.26. The highest BCUT2D eigenvalue weighted by Crippen LogP contribution is 2.31. The molecule has 0 spiro atoms. The van der Waals surface area contributed by atoms with Gasteiger partial charge in [-0.05, 0) is 37.0 Å². The lowest BCUT2D eigenvalue weighted by Gasteiger charge is -2.28. The van der Waals surface area contributed by atoms with E-state index in [1.54, 1.807) is 0 Å². The van der Waals surface area contributed by atoms with E-state index in [1.807, 2.05) is 0 Å². The van der Waals surface area contributed by atoms with Gasteiger partial charge in [0.1, 0.15) is 0 Å². The van der Waals surface area contributed by atoms with Crippen molar-refractivity contribution in [2.24, 2.45) is 11.1 Å². The molecule has 0 unspecified atom stereocenters. The molecule has 0 aliphatic carbocycles. The summed E-state index contributed by atoms with van der Waals surface area (Å²) in [7, 11) is 0. The maximum Gasteiger partial charge on any atom is 0.0366 e. The van der Waals surface area contributed by atoms with Crippen molar-refractivity contribution < 1.29 is 0 Å². The van der Waals surface area contributed by atoms with Gasteiger partial charge in [0, 0.05) is 24.8 Å². The Morgan fingerprint density at radius 1 is 1.06 bits per heavy atom. The highest BCUT2D eigenvalue weighted by Gasteiger charge is 2.22. The van der Waals surface area contributed by atoms with Crippen LogP contribution in [0.4, 0.5) is 5.69 Å². The van der Waals surface area contributed by atoms with E-state index in [2.05, 4.69) is 63.8 Å². The molecule has 0 saturated heterocycles. The van der Waals surface area contributed by atoms with Crippen LogP contribution in [0.15, 0.2) is 24.3 Å². The highest BCUT2D eigenvalue weighted by atomic mass is 35.5. The minimum Gasteiger partial charge on any atom is -0.372 e. The highest BCUT2D eigenvalue weighted by molar-refractivity contribution is 5.85. The van der Waals surface area contributed by atoms with Crippen molar-refractivity contribution in [1.82, 2.24) is 0 Å². The molecule has 3 heteroatoms. The van der Waals surface area contributed by atoms with Crippen LogP contribution in [0.3, 0.4) is 0 Å². The maximum absolute atomic E-state index is 6.25. The molecule has 0 saturated carbocycles. The maximum atomic E-state index is 6.25. The van der Waals surface area contributed by atoms with Gasteiger partial charge < -0.3 is 10.6 Å². The van der Waals surface area contributed by atoms with Crippen LogP contribution in [-0.2, 0) is 0 Å². The van der Waals surface area contributed by atoms with Crippen molar-refractivity contribution in [3.8, 4) is 0 Å². The summed E-state index contributed by atoms with van der Waals surface area (Å²) in [5.74, 6) is 0. The van der Waals surface area contributed by atoms with Gasteiger partial charge in [0.05, 0.1) is 0 Å². The van der Waals surface area contributed by atoms with Crippen LogP contribution in [0, 0.1) is 5.41 Å². The van der Waals surface area contributed by atoms with Gasteiger partial charge in [0.25, 0.3) is 0 Å². The Balaban J connectivity index is 0.00000289. The van der Waals surface area contributed by atoms with Crippen LogP contribution in [0.1, 0.15) is 46.2 Å². The van der Waals surface area contributed by atoms with Gasteiger partial charge in [-0.3, -0.25) is 0 Å². The smallest absolute Gasteiger partial charge is 0.0366 e. The fourth-order valence-corrected chi connectivity index (χ4v) is 1.98. The minimum absolute atomic E-state index is 0. The summed E-state index contributed by atoms with van der Waals surface area (Å²) in [6.07, 6.45) is 0. The topological polar surface area (TPSA) is 29.3 Å². The van der Waals surface area contributed by atoms with Crippen molar-refractivity contribution in [3.63, 3.8) is 0 Å². The predicted molar refractivity (Wildman–Crippen MR) is 83.6 cm³/mol. The molecular formula is C15H27ClN2. The molecule has 1 aromatic rings. The largest absolute Gasteiger partial charge is 0.372 e. The molecule has 0 aliphatic rings. The number of anilines is 1. The third-order valence-corrected chi connectivity index (χ3v) is 3.31. The van der Waals surface area contributed by atoms with E-state index in [-0.39, 0.29) is 23.9 Å². The van der Waals surface area contributed by atoms with Crippen molar-refractivity contribution in [2.75, 3.05) is 18.0 Å². The van der Waals surface area contributed by atoms with Crippen LogP contribution in [-0.4, -0.2) is 13.1 Å². The summed E-state index contributed by atoms with van der Waals surface area (Å²) in [5, 5.41) is 0. The minimum atomic E-state index is 0. The zero-order chi connectivity index (χ0) is 13.1. The van der Waals surface area contributed by atoms with Gasteiger partial charge in [-0.25, -0.2) is 0 Å². The molecule has 104 valence electrons. The SMILES string of the molecule is CCN(CC)c1ccc([C@@H](N)C(C)(C)C)cc1.Cl. The van der Waals surface area contributed by atoms with E-state index < -0.39 is 0 Å². The Morgan fingerprint density at radius 3 is 1.83 bits per heavy atom. The van der Waals surface area contributed by atoms with E-state index in [1.165, 1.54) is 11.3 Å². The third-order valence-electron chi connectivity index (χ3n) is 3.31. The van der Waals surface area contributed by atoms with Crippen molar-refractivity contribution in [3.05, 3.63) is 29.8 Å². The van der Waals surface area contributed by atoms with Crippen LogP contribution in [0.2, 0.25) is 0 Å². The number of halogens is 1. The lowest BCUT2D eigenvalue weighted by atomic mass is 9.83. The van der Waals surface area contributed by atoms with Crippen molar-refractivity contribution in [2.45, 2.75) is 40.7 Å². The van der Waals surface area contributed by atoms with E-state index in [0.29, 0.717) is 0 Å². The molecule has 1 atom stereocenters. The number of nitrogens with zero attached hydrogens (tertiary/aromatic N) is 1. The van der Waals surface area contributed by atoms with Crippen LogP contribution in [0.25, 0.3) is 0 Å². The average molecular weight is 271 g/mol. The average Bonchev–Trinajstić information content (AvgIpc) is 2.29. The molecule has 1 aromatic carbocycles. The van der Waals surface area contributed by atoms with Gasteiger partial charge in [-0.1, -0.05) is 32.9 Å². The van der Waals surface area contributed by atoms with Crippen LogP contribution in [0.5, 0.6) is 0 Å². The molecule has 2 nitrogen and oxygen atoms in total. The Bertz CT molecular complexity index is 337. The van der Waals surface area contributed by atoms with Gasteiger partial charge in [0.15, 0.2) is 0 Å². The second-order valence-electron chi connectivity index (χ2n) is 5.61. The summed E-state index contributed by atoms with van der Waals surface area (Å²) in [5.41, 5.74) is 8.85. The molecule has 0 bridgehead atoms. The second-order valence-corrected chi connectivity index (χ2v) is 5.61. The standard InChI is InChI=1S/C15H26N2.ClH/c1-6-17(7-2)13-10-8-12(9-11-13)14(16)15(3,4)5;/h8-11,14H,6-7,16H2,1-5H3;1H/t14-;/m1./s1. The summed E-state index contributed by atoms with van der Waals surface area (Å²) in [4.78, 5) is 2.34. The zero-order valence-electron chi connectivity index (χ0n) is 12.2. The van der Waals surface area contributed by atoms with Gasteiger partial charge in [-0.2, -0.15) is 0 Å². The Morgan fingerprint density at radius 2 is 1.50 bits per heavy atom. The molecule has 0 amide bonds. The van der Waals surface area contributed by atoms with E-state index in [9.17, 15) is 0 Å². The second kappa shape index (κ2) is 7.01. The van der Waals surface area contributed by atoms with Crippen molar-refractivity contribution >= 4 is 18.1 Å². The number of hydrogen-bond acceptors (Lipinski definition) is 2. The van der Waals surface area contributed by atoms with Gasteiger partial charge in [0.2, 0.25) is 0 Å². The fourth-order valence-electron chi connectivity index (χ4n) is 1.98. The first-order chi connectivity index (χ1) is 7.90. The van der Waals surface area contributed by atoms with E-state index in [4.69, 9.17) is 5.73 Å². The van der Waals surface area contributed by atoms with Gasteiger partial charge in [-0.15, -0.1) is 12.4 Å². The Labute approximate surface area is 118 Å². The first kappa shape index (κ1) is 17.3. The van der Waals surface area contributed by atoms with E-state index >= 15 is 0 Å². The third kappa shape index (κ3) is 4.18. The Kier molecular flexibility index (Phi) is 6.72. The molecule has 0 radical (unpaired) electrons. The number of benzene rings is 1. The molecule has 0 aliphatic heterocycles. The summed E-state index contributed by atoms with van der Waals surface area (Å²) < 4.78 is 0. The quantitative estimate of drug-likeness (QED) is 0.896. The lowest BCUT2D eigenvalue weighted by molar-refractivity contribution is 0.327. The summed E-state index contributed by atoms with van der Waals surface area (Å²) in [6.45, 7) is 13.0. The monoisotopic (exact) mass is 270 g/mol. The van der Waals surface area contributed by atoms with Crippen LogP contribution >= 0.6 is 12.4 Å². The van der Waals surface area contributed by atoms with Crippen LogP contribution < -0.4 is 10.6 Å². The fraction of sp³-hybridized carbons (Fsp3) is 0.600. The molecule has 0 aromatic heterocycles. The van der Waals surface area contributed by atoms with Crippen molar-refractivity contribution in [1.29, 1.82) is 0 Å². The number of rotatable bonds is 4. The molecule has 18 heavy (non-hydrogen) atoms. The Hall–Kier alpha value is -0.730. The molecule has 0 fully saturated rings. The normalized spacial score (nSPS) is 12.8. The first-order valence-corrected chi connectivity index (χ1v) is 6.50. The van der Waals surface area contributed by atoms with Gasteiger partial charge >= 0.3 is 0 Å². The zero-order valence-corrected chi connectivity index (χ0v) is 13.1. The number of nitrogens with two attached hydrogens (primary N) is 1. The molecule has 2 N–H and O–H groups in total. The molecule has 1 rings (SSSR count). The first-order valence-electron chi connectivity index (χ1n) is 6.50. The van der Waals surface area contributed by atoms with E-state index in [0.717, 1.165) is 13.1 Å². The molecular weight excluding hydrogens is 244 g/mol.